The Balaban J connectivity index is 1.60. The molecule has 0 atom stereocenters. The molecule has 2 saturated heterocycles. The number of amides is 2. The third-order valence-corrected chi connectivity index (χ3v) is 7.57. The molecule has 0 unspecified atom stereocenters. The first-order chi connectivity index (χ1) is 16.0. The largest absolute Gasteiger partial charge is 0.492 e. The highest BCUT2D eigenvalue weighted by atomic mass is 32.2. The highest BCUT2D eigenvalue weighted by Gasteiger charge is 2.31. The van der Waals surface area contributed by atoms with Gasteiger partial charge in [0, 0.05) is 45.0 Å². The van der Waals surface area contributed by atoms with Gasteiger partial charge >= 0.3 is 6.09 Å². The van der Waals surface area contributed by atoms with Gasteiger partial charge in [-0.2, -0.15) is 4.31 Å². The van der Waals surface area contributed by atoms with E-state index in [4.69, 9.17) is 9.47 Å². The molecular formula is C23H36N4O6S. The average molecular weight is 497 g/mol. The minimum Gasteiger partial charge on any atom is -0.492 e. The number of hydrogen-bond acceptors (Lipinski definition) is 7. The third-order valence-electron chi connectivity index (χ3n) is 5.65. The van der Waals surface area contributed by atoms with Crippen LogP contribution in [0.15, 0.2) is 23.1 Å². The van der Waals surface area contributed by atoms with Crippen molar-refractivity contribution in [3.8, 4) is 5.75 Å². The Hall–Kier alpha value is -2.53. The fraction of sp³-hybridized carbons (Fsp3) is 0.652. The van der Waals surface area contributed by atoms with Crippen molar-refractivity contribution in [3.05, 3.63) is 18.2 Å². The topological polar surface area (TPSA) is 108 Å². The van der Waals surface area contributed by atoms with Gasteiger partial charge in [-0.25, -0.2) is 13.2 Å². The van der Waals surface area contributed by atoms with Crippen LogP contribution in [0.5, 0.6) is 5.75 Å². The maximum absolute atomic E-state index is 13.1. The molecular weight excluding hydrogens is 460 g/mol. The van der Waals surface area contributed by atoms with Crippen molar-refractivity contribution in [2.45, 2.75) is 51.0 Å². The van der Waals surface area contributed by atoms with Gasteiger partial charge in [0.05, 0.1) is 13.2 Å². The number of nitrogens with one attached hydrogen (secondary N) is 1. The second-order valence-electron chi connectivity index (χ2n) is 9.41. The number of nitrogens with zero attached hydrogens (tertiary/aromatic N) is 3. The minimum atomic E-state index is -3.68. The molecule has 3 rings (SSSR count). The minimum absolute atomic E-state index is 0.0175. The molecule has 190 valence electrons. The molecule has 2 heterocycles. The van der Waals surface area contributed by atoms with Crippen molar-refractivity contribution >= 4 is 27.7 Å². The molecule has 2 amide bonds. The van der Waals surface area contributed by atoms with Crippen LogP contribution >= 0.6 is 0 Å². The van der Waals surface area contributed by atoms with Crippen LogP contribution in [0, 0.1) is 0 Å². The lowest BCUT2D eigenvalue weighted by Crippen LogP contribution is -2.52. The predicted octanol–water partition coefficient (Wildman–Crippen LogP) is 2.36. The number of carbonyl (C=O) groups is 2. The van der Waals surface area contributed by atoms with Crippen LogP contribution in [0.4, 0.5) is 10.5 Å². The molecule has 2 aliphatic rings. The van der Waals surface area contributed by atoms with E-state index in [1.165, 1.54) is 10.4 Å². The molecule has 0 saturated carbocycles. The summed E-state index contributed by atoms with van der Waals surface area (Å²) >= 11 is 0. The van der Waals surface area contributed by atoms with Gasteiger partial charge in [0.25, 0.3) is 0 Å². The van der Waals surface area contributed by atoms with E-state index in [0.717, 1.165) is 12.8 Å². The van der Waals surface area contributed by atoms with Crippen LogP contribution in [0.25, 0.3) is 0 Å². The van der Waals surface area contributed by atoms with Crippen molar-refractivity contribution in [2.75, 3.05) is 57.7 Å². The molecule has 1 aromatic rings. The highest BCUT2D eigenvalue weighted by molar-refractivity contribution is 7.89. The number of ether oxygens (including phenoxy) is 2. The summed E-state index contributed by atoms with van der Waals surface area (Å²) < 4.78 is 38.7. The Labute approximate surface area is 202 Å². The summed E-state index contributed by atoms with van der Waals surface area (Å²) in [4.78, 5) is 28.3. The second kappa shape index (κ2) is 10.8. The Kier molecular flexibility index (Phi) is 8.29. The second-order valence-corrected chi connectivity index (χ2v) is 11.3. The summed E-state index contributed by atoms with van der Waals surface area (Å²) in [5, 5.41) is 3.04. The zero-order chi connectivity index (χ0) is 24.9. The van der Waals surface area contributed by atoms with E-state index in [-0.39, 0.29) is 23.4 Å². The number of rotatable bonds is 7. The molecule has 2 fully saturated rings. The molecule has 0 aliphatic carbocycles. The van der Waals surface area contributed by atoms with Gasteiger partial charge in [-0.05, 0) is 58.7 Å². The van der Waals surface area contributed by atoms with Crippen molar-refractivity contribution in [1.82, 2.24) is 14.1 Å². The van der Waals surface area contributed by atoms with Gasteiger partial charge in [0.2, 0.25) is 15.9 Å². The lowest BCUT2D eigenvalue weighted by Gasteiger charge is -2.35. The van der Waals surface area contributed by atoms with E-state index < -0.39 is 15.6 Å². The predicted molar refractivity (Wildman–Crippen MR) is 128 cm³/mol. The quantitative estimate of drug-likeness (QED) is 0.617. The summed E-state index contributed by atoms with van der Waals surface area (Å²) in [5.74, 6) is 0.186. The highest BCUT2D eigenvalue weighted by Crippen LogP contribution is 2.31. The number of hydrogen-bond donors (Lipinski definition) is 1. The lowest BCUT2D eigenvalue weighted by molar-refractivity contribution is -0.131. The van der Waals surface area contributed by atoms with E-state index >= 15 is 0 Å². The molecule has 0 radical (unpaired) electrons. The van der Waals surface area contributed by atoms with Gasteiger partial charge in [0.1, 0.15) is 16.2 Å². The Bertz CT molecular complexity index is 978. The Morgan fingerprint density at radius 1 is 1.00 bits per heavy atom. The number of piperazine rings is 1. The molecule has 1 aromatic carbocycles. The lowest BCUT2D eigenvalue weighted by atomic mass is 10.2. The molecule has 0 aromatic heterocycles. The average Bonchev–Trinajstić information content (AvgIpc) is 3.33. The first-order valence-corrected chi connectivity index (χ1v) is 13.2. The fourth-order valence-electron chi connectivity index (χ4n) is 3.92. The van der Waals surface area contributed by atoms with Crippen molar-refractivity contribution in [2.24, 2.45) is 0 Å². The van der Waals surface area contributed by atoms with Gasteiger partial charge in [0.15, 0.2) is 0 Å². The van der Waals surface area contributed by atoms with Crippen molar-refractivity contribution in [3.63, 3.8) is 0 Å². The Morgan fingerprint density at radius 2 is 1.62 bits per heavy atom. The number of anilines is 1. The number of sulfonamides is 1. The monoisotopic (exact) mass is 496 g/mol. The maximum atomic E-state index is 13.1. The van der Waals surface area contributed by atoms with E-state index in [2.05, 4.69) is 5.32 Å². The number of carbonyl (C=O) groups excluding carboxylic acids is 2. The molecule has 0 bridgehead atoms. The van der Waals surface area contributed by atoms with E-state index in [1.807, 2.05) is 20.8 Å². The van der Waals surface area contributed by atoms with Crippen molar-refractivity contribution in [1.29, 1.82) is 0 Å². The van der Waals surface area contributed by atoms with Crippen LogP contribution in [-0.2, 0) is 19.6 Å². The van der Waals surface area contributed by atoms with E-state index in [0.29, 0.717) is 57.3 Å². The summed E-state index contributed by atoms with van der Waals surface area (Å²) in [6, 6.07) is 4.87. The molecule has 34 heavy (non-hydrogen) atoms. The van der Waals surface area contributed by atoms with Gasteiger partial charge in [-0.3, -0.25) is 4.79 Å². The summed E-state index contributed by atoms with van der Waals surface area (Å²) in [6.07, 6.45) is 1.31. The molecule has 1 N–H and O–H groups in total. The first-order valence-electron chi connectivity index (χ1n) is 11.8. The zero-order valence-corrected chi connectivity index (χ0v) is 21.3. The number of benzene rings is 1. The maximum Gasteiger partial charge on any atom is 0.410 e. The summed E-state index contributed by atoms with van der Waals surface area (Å²) in [7, 11) is -3.68. The molecule has 2 aliphatic heterocycles. The zero-order valence-electron chi connectivity index (χ0n) is 20.5. The summed E-state index contributed by atoms with van der Waals surface area (Å²) in [5.41, 5.74) is -0.0331. The Morgan fingerprint density at radius 3 is 2.21 bits per heavy atom. The van der Waals surface area contributed by atoms with Crippen LogP contribution < -0.4 is 10.1 Å². The smallest absolute Gasteiger partial charge is 0.410 e. The third kappa shape index (κ3) is 6.53. The van der Waals surface area contributed by atoms with Crippen molar-refractivity contribution < 1.29 is 27.5 Å². The van der Waals surface area contributed by atoms with Crippen LogP contribution in [-0.4, -0.2) is 92.5 Å². The standard InChI is InChI=1S/C23H36N4O6S/c1-5-32-19-9-8-18(16-20(19)34(30,31)27-10-6-7-11-27)24-17-21(28)25-12-14-26(15-13-25)22(29)33-23(2,3)4/h8-9,16,24H,5-7,10-15,17H2,1-4H3. The van der Waals surface area contributed by atoms with Gasteiger partial charge in [-0.15, -0.1) is 0 Å². The van der Waals surface area contributed by atoms with Crippen LogP contribution in [0.2, 0.25) is 0 Å². The first kappa shape index (κ1) is 26.1. The SMILES string of the molecule is CCOc1ccc(NCC(=O)N2CCN(C(=O)OC(C)(C)C)CC2)cc1S(=O)(=O)N1CCCC1. The fourth-order valence-corrected chi connectivity index (χ4v) is 5.59. The molecule has 0 spiro atoms. The molecule has 11 heteroatoms. The van der Waals surface area contributed by atoms with E-state index in [9.17, 15) is 18.0 Å². The normalized spacial score (nSPS) is 17.5. The van der Waals surface area contributed by atoms with Crippen LogP contribution in [0.1, 0.15) is 40.5 Å². The van der Waals surface area contributed by atoms with Crippen LogP contribution in [0.3, 0.4) is 0 Å². The van der Waals surface area contributed by atoms with Gasteiger partial charge < -0.3 is 24.6 Å². The van der Waals surface area contributed by atoms with E-state index in [1.54, 1.807) is 28.9 Å². The molecule has 10 nitrogen and oxygen atoms in total. The van der Waals surface area contributed by atoms with Gasteiger partial charge in [-0.1, -0.05) is 0 Å². The summed E-state index contributed by atoms with van der Waals surface area (Å²) in [6.45, 7) is 10.3.